The number of aliphatic hydroxyl groups is 1. The van der Waals surface area contributed by atoms with Gasteiger partial charge in [-0.3, -0.25) is 4.90 Å². The van der Waals surface area contributed by atoms with Crippen molar-refractivity contribution in [2.75, 3.05) is 27.3 Å². The summed E-state index contributed by atoms with van der Waals surface area (Å²) in [7, 11) is 3.43. The Morgan fingerprint density at radius 2 is 2.28 bits per heavy atom. The molecule has 5 nitrogen and oxygen atoms in total. The number of hydrogen-bond donors (Lipinski definition) is 2. The van der Waals surface area contributed by atoms with Crippen molar-refractivity contribution < 1.29 is 19.7 Å². The molecule has 1 rings (SSSR count). The van der Waals surface area contributed by atoms with Gasteiger partial charge in [-0.2, -0.15) is 0 Å². The molecule has 0 amide bonds. The highest BCUT2D eigenvalue weighted by Gasteiger charge is 2.14. The van der Waals surface area contributed by atoms with Crippen LogP contribution in [-0.2, 0) is 11.3 Å². The topological polar surface area (TPSA) is 70.0 Å². The number of carboxylic acids is 1. The molecular weight excluding hydrogens is 254 g/mol. The number of aromatic carboxylic acids is 1. The fraction of sp³-hybridized carbons (Fsp3) is 0.583. The zero-order valence-corrected chi connectivity index (χ0v) is 11.7. The lowest BCUT2D eigenvalue weighted by Crippen LogP contribution is -2.31. The fourth-order valence-corrected chi connectivity index (χ4v) is 2.62. The van der Waals surface area contributed by atoms with Gasteiger partial charge in [0.2, 0.25) is 0 Å². The molecule has 1 atom stereocenters. The normalized spacial score (nSPS) is 12.9. The number of aryl methyl sites for hydroxylation is 1. The standard InChI is InChI=1S/C12H19NO4S/c1-8-9(4-11(18-8)12(15)16)5-13(2)6-10(14)7-17-3/h4,10,14H,5-7H2,1-3H3,(H,15,16). The van der Waals surface area contributed by atoms with Gasteiger partial charge in [0.25, 0.3) is 0 Å². The van der Waals surface area contributed by atoms with Crippen LogP contribution in [0.2, 0.25) is 0 Å². The van der Waals surface area contributed by atoms with Crippen LogP contribution in [0.4, 0.5) is 0 Å². The molecule has 6 heteroatoms. The van der Waals surface area contributed by atoms with Crippen LogP contribution >= 0.6 is 11.3 Å². The summed E-state index contributed by atoms with van der Waals surface area (Å²) in [5, 5.41) is 18.5. The molecule has 18 heavy (non-hydrogen) atoms. The van der Waals surface area contributed by atoms with Gasteiger partial charge in [0.1, 0.15) is 4.88 Å². The third kappa shape index (κ3) is 4.38. The predicted molar refractivity (Wildman–Crippen MR) is 70.2 cm³/mol. The van der Waals surface area contributed by atoms with Crippen LogP contribution in [0, 0.1) is 6.92 Å². The van der Waals surface area contributed by atoms with Gasteiger partial charge >= 0.3 is 5.97 Å². The van der Waals surface area contributed by atoms with E-state index in [1.54, 1.807) is 13.2 Å². The Balaban J connectivity index is 2.58. The van der Waals surface area contributed by atoms with Crippen LogP contribution in [0.15, 0.2) is 6.07 Å². The second-order valence-corrected chi connectivity index (χ2v) is 5.56. The monoisotopic (exact) mass is 273 g/mol. The van der Waals surface area contributed by atoms with E-state index < -0.39 is 12.1 Å². The number of rotatable bonds is 7. The highest BCUT2D eigenvalue weighted by molar-refractivity contribution is 7.14. The van der Waals surface area contributed by atoms with Crippen LogP contribution in [0.1, 0.15) is 20.1 Å². The van der Waals surface area contributed by atoms with Crippen molar-refractivity contribution in [3.63, 3.8) is 0 Å². The van der Waals surface area contributed by atoms with Crippen molar-refractivity contribution in [3.05, 3.63) is 21.4 Å². The van der Waals surface area contributed by atoms with Crippen molar-refractivity contribution in [2.45, 2.75) is 19.6 Å². The van der Waals surface area contributed by atoms with Gasteiger partial charge in [-0.25, -0.2) is 4.79 Å². The van der Waals surface area contributed by atoms with E-state index in [2.05, 4.69) is 0 Å². The maximum atomic E-state index is 10.9. The number of carboxylic acid groups (broad SMARTS) is 1. The Morgan fingerprint density at radius 3 is 2.78 bits per heavy atom. The Bertz CT molecular complexity index is 405. The molecule has 0 bridgehead atoms. The quantitative estimate of drug-likeness (QED) is 0.781. The summed E-state index contributed by atoms with van der Waals surface area (Å²) in [6.07, 6.45) is -0.530. The SMILES string of the molecule is COCC(O)CN(C)Cc1cc(C(=O)O)sc1C. The molecule has 0 aliphatic rings. The van der Waals surface area contributed by atoms with E-state index in [4.69, 9.17) is 9.84 Å². The van der Waals surface area contributed by atoms with Gasteiger partial charge in [-0.05, 0) is 25.6 Å². The molecule has 0 aromatic carbocycles. The van der Waals surface area contributed by atoms with E-state index in [1.807, 2.05) is 18.9 Å². The molecule has 0 saturated carbocycles. The maximum absolute atomic E-state index is 10.9. The molecule has 1 aromatic heterocycles. The number of hydrogen-bond acceptors (Lipinski definition) is 5. The van der Waals surface area contributed by atoms with E-state index in [9.17, 15) is 9.90 Å². The smallest absolute Gasteiger partial charge is 0.345 e. The first kappa shape index (κ1) is 15.1. The van der Waals surface area contributed by atoms with Gasteiger partial charge in [-0.15, -0.1) is 11.3 Å². The van der Waals surface area contributed by atoms with E-state index in [-0.39, 0.29) is 0 Å². The summed E-state index contributed by atoms with van der Waals surface area (Å²) < 4.78 is 4.86. The minimum Gasteiger partial charge on any atom is -0.477 e. The zero-order chi connectivity index (χ0) is 13.7. The minimum absolute atomic E-state index is 0.299. The third-order valence-electron chi connectivity index (χ3n) is 2.55. The Labute approximate surface area is 111 Å². The average Bonchev–Trinajstić information content (AvgIpc) is 2.60. The van der Waals surface area contributed by atoms with Crippen molar-refractivity contribution in [1.29, 1.82) is 0 Å². The van der Waals surface area contributed by atoms with Crippen LogP contribution in [0.25, 0.3) is 0 Å². The number of thiophene rings is 1. The summed E-state index contributed by atoms with van der Waals surface area (Å²) in [5.41, 5.74) is 0.990. The number of ether oxygens (including phenoxy) is 1. The van der Waals surface area contributed by atoms with Crippen molar-refractivity contribution in [2.24, 2.45) is 0 Å². The summed E-state index contributed by atoms with van der Waals surface area (Å²) >= 11 is 1.28. The van der Waals surface area contributed by atoms with Gasteiger partial charge in [0.15, 0.2) is 0 Å². The summed E-state index contributed by atoms with van der Waals surface area (Å²) in [6, 6.07) is 1.70. The van der Waals surface area contributed by atoms with Gasteiger partial charge < -0.3 is 14.9 Å². The molecule has 1 heterocycles. The Morgan fingerprint density at radius 1 is 1.61 bits per heavy atom. The van der Waals surface area contributed by atoms with Crippen LogP contribution in [-0.4, -0.2) is 54.5 Å². The molecule has 0 aliphatic carbocycles. The number of methoxy groups -OCH3 is 1. The molecule has 1 unspecified atom stereocenters. The Hall–Kier alpha value is -0.950. The third-order valence-corrected chi connectivity index (χ3v) is 3.63. The molecule has 0 spiro atoms. The molecule has 0 saturated heterocycles. The lowest BCUT2D eigenvalue weighted by atomic mass is 10.2. The number of aliphatic hydroxyl groups excluding tert-OH is 1. The number of carbonyl (C=O) groups is 1. The average molecular weight is 273 g/mol. The highest BCUT2D eigenvalue weighted by atomic mass is 32.1. The second-order valence-electron chi connectivity index (χ2n) is 4.30. The van der Waals surface area contributed by atoms with Crippen LogP contribution in [0.3, 0.4) is 0 Å². The molecule has 1 aromatic rings. The molecule has 2 N–H and O–H groups in total. The summed E-state index contributed by atoms with van der Waals surface area (Å²) in [6.45, 7) is 3.32. The van der Waals surface area contributed by atoms with E-state index in [1.165, 1.54) is 11.3 Å². The van der Waals surface area contributed by atoms with E-state index in [0.29, 0.717) is 24.6 Å². The van der Waals surface area contributed by atoms with E-state index in [0.717, 1.165) is 10.4 Å². The maximum Gasteiger partial charge on any atom is 0.345 e. The number of nitrogens with zero attached hydrogens (tertiary/aromatic N) is 1. The molecule has 0 fully saturated rings. The summed E-state index contributed by atoms with van der Waals surface area (Å²) in [4.78, 5) is 14.2. The lowest BCUT2D eigenvalue weighted by molar-refractivity contribution is 0.0418. The fourth-order valence-electron chi connectivity index (χ4n) is 1.74. The molecule has 0 aliphatic heterocycles. The van der Waals surface area contributed by atoms with Crippen LogP contribution in [0.5, 0.6) is 0 Å². The molecule has 102 valence electrons. The predicted octanol–water partition coefficient (Wildman–Crippen LogP) is 1.19. The highest BCUT2D eigenvalue weighted by Crippen LogP contribution is 2.22. The van der Waals surface area contributed by atoms with Crippen LogP contribution < -0.4 is 0 Å². The first-order valence-electron chi connectivity index (χ1n) is 5.62. The van der Waals surface area contributed by atoms with Gasteiger partial charge in [-0.1, -0.05) is 0 Å². The Kier molecular flexibility index (Phi) is 5.74. The molecule has 0 radical (unpaired) electrons. The van der Waals surface area contributed by atoms with Gasteiger partial charge in [0, 0.05) is 25.1 Å². The van der Waals surface area contributed by atoms with Crippen molar-refractivity contribution in [1.82, 2.24) is 4.90 Å². The summed E-state index contributed by atoms with van der Waals surface area (Å²) in [5.74, 6) is -0.892. The zero-order valence-electron chi connectivity index (χ0n) is 10.8. The first-order chi connectivity index (χ1) is 8.43. The van der Waals surface area contributed by atoms with E-state index >= 15 is 0 Å². The van der Waals surface area contributed by atoms with Gasteiger partial charge in [0.05, 0.1) is 12.7 Å². The van der Waals surface area contributed by atoms with Crippen molar-refractivity contribution in [3.8, 4) is 0 Å². The number of likely N-dealkylation sites (N-methyl/N-ethyl adjacent to an activating group) is 1. The molecular formula is C12H19NO4S. The minimum atomic E-state index is -0.892. The second kappa shape index (κ2) is 6.84. The lowest BCUT2D eigenvalue weighted by Gasteiger charge is -2.19. The largest absolute Gasteiger partial charge is 0.477 e. The first-order valence-corrected chi connectivity index (χ1v) is 6.43. The van der Waals surface area contributed by atoms with Crippen molar-refractivity contribution >= 4 is 17.3 Å².